The van der Waals surface area contributed by atoms with Crippen molar-refractivity contribution in [1.82, 2.24) is 0 Å². The van der Waals surface area contributed by atoms with Gasteiger partial charge in [-0.15, -0.1) is 0 Å². The molecule has 0 atom stereocenters. The molecule has 0 aliphatic rings. The Morgan fingerprint density at radius 3 is 2.09 bits per heavy atom. The zero-order valence-corrected chi connectivity index (χ0v) is 6.55. The van der Waals surface area contributed by atoms with Gasteiger partial charge in [0.25, 0.3) is 0 Å². The summed E-state index contributed by atoms with van der Waals surface area (Å²) in [5.74, 6) is -1.45. The first kappa shape index (κ1) is 9.81. The fraction of sp³-hybridized carbons (Fsp3) is 0.571. The minimum absolute atomic E-state index is 0.00620. The highest BCUT2D eigenvalue weighted by molar-refractivity contribution is 6.36. The number of carbonyl (C=O) groups excluding carboxylic acids is 3. The molecular weight excluding hydrogens is 148 g/mol. The normalized spacial score (nSPS) is 8.91. The average molecular weight is 158 g/mol. The zero-order chi connectivity index (χ0) is 8.85. The van der Waals surface area contributed by atoms with E-state index in [9.17, 15) is 14.4 Å². The van der Waals surface area contributed by atoms with E-state index in [0.717, 1.165) is 0 Å². The van der Waals surface area contributed by atoms with Crippen LogP contribution >= 0.6 is 0 Å². The molecule has 4 nitrogen and oxygen atoms in total. The van der Waals surface area contributed by atoms with Gasteiger partial charge in [0.05, 0.1) is 6.61 Å². The monoisotopic (exact) mass is 158 g/mol. The Bertz CT molecular complexity index is 183. The molecule has 0 aliphatic heterocycles. The van der Waals surface area contributed by atoms with Crippen LogP contribution in [0.15, 0.2) is 0 Å². The Labute approximate surface area is 64.5 Å². The molecule has 0 aromatic heterocycles. The summed E-state index contributed by atoms with van der Waals surface area (Å²) in [5.41, 5.74) is 0. The molecule has 0 saturated heterocycles. The predicted molar refractivity (Wildman–Crippen MR) is 36.9 cm³/mol. The van der Waals surface area contributed by atoms with Gasteiger partial charge in [-0.2, -0.15) is 0 Å². The van der Waals surface area contributed by atoms with Crippen molar-refractivity contribution in [2.75, 3.05) is 6.61 Å². The van der Waals surface area contributed by atoms with Gasteiger partial charge in [0.2, 0.25) is 5.78 Å². The van der Waals surface area contributed by atoms with E-state index in [2.05, 4.69) is 4.74 Å². The average Bonchev–Trinajstić information content (AvgIpc) is 1.86. The number of ketones is 2. The molecule has 62 valence electrons. The van der Waals surface area contributed by atoms with E-state index in [1.54, 1.807) is 0 Å². The highest BCUT2D eigenvalue weighted by Gasteiger charge is 2.07. The molecule has 0 aromatic rings. The van der Waals surface area contributed by atoms with Gasteiger partial charge in [0.1, 0.15) is 0 Å². The van der Waals surface area contributed by atoms with Crippen LogP contribution in [-0.4, -0.2) is 24.1 Å². The third-order valence-electron chi connectivity index (χ3n) is 1.03. The first-order valence-corrected chi connectivity index (χ1v) is 3.21. The molecule has 0 N–H and O–H groups in total. The Balaban J connectivity index is 3.47. The summed E-state index contributed by atoms with van der Waals surface area (Å²) in [7, 11) is 0. The molecule has 0 amide bonds. The molecule has 0 fully saturated rings. The number of Topliss-reactive ketones (excluding diaryl/α,β-unsaturated/α-hetero) is 2. The molecule has 0 saturated carbocycles. The van der Waals surface area contributed by atoms with Crippen molar-refractivity contribution < 1.29 is 19.1 Å². The third-order valence-corrected chi connectivity index (χ3v) is 1.03. The first-order chi connectivity index (χ1) is 5.04. The summed E-state index contributed by atoms with van der Waals surface area (Å²) in [5, 5.41) is 0. The third kappa shape index (κ3) is 5.26. The Morgan fingerprint density at radius 1 is 1.18 bits per heavy atom. The molecule has 0 bridgehead atoms. The van der Waals surface area contributed by atoms with E-state index in [1.807, 2.05) is 0 Å². The number of carbonyl (C=O) groups is 3. The van der Waals surface area contributed by atoms with Gasteiger partial charge in [-0.1, -0.05) is 0 Å². The van der Waals surface area contributed by atoms with Crippen LogP contribution in [0, 0.1) is 0 Å². The summed E-state index contributed by atoms with van der Waals surface area (Å²) in [6.45, 7) is 2.43. The summed E-state index contributed by atoms with van der Waals surface area (Å²) in [4.78, 5) is 31.1. The fourth-order valence-corrected chi connectivity index (χ4v) is 0.463. The number of ether oxygens (including phenoxy) is 1. The SMILES string of the molecule is CC(=O)OCCC(=O)C(C)=O. The molecular formula is C7H10O4. The molecule has 0 aliphatic carbocycles. The number of hydrogen-bond donors (Lipinski definition) is 0. The maximum absolute atomic E-state index is 10.6. The Morgan fingerprint density at radius 2 is 1.73 bits per heavy atom. The molecule has 0 spiro atoms. The second kappa shape index (κ2) is 4.60. The van der Waals surface area contributed by atoms with Crippen molar-refractivity contribution in [1.29, 1.82) is 0 Å². The van der Waals surface area contributed by atoms with Gasteiger partial charge in [0, 0.05) is 20.3 Å². The molecule has 0 rings (SSSR count). The Kier molecular flexibility index (Phi) is 4.10. The standard InChI is InChI=1S/C7H10O4/c1-5(8)7(10)3-4-11-6(2)9/h3-4H2,1-2H3. The fourth-order valence-electron chi connectivity index (χ4n) is 0.463. The lowest BCUT2D eigenvalue weighted by atomic mass is 10.2. The number of esters is 1. The van der Waals surface area contributed by atoms with Crippen molar-refractivity contribution >= 4 is 17.5 Å². The van der Waals surface area contributed by atoms with Crippen molar-refractivity contribution in [3.63, 3.8) is 0 Å². The Hall–Kier alpha value is -1.19. The molecule has 11 heavy (non-hydrogen) atoms. The van der Waals surface area contributed by atoms with Gasteiger partial charge < -0.3 is 4.74 Å². The molecule has 0 aromatic carbocycles. The van der Waals surface area contributed by atoms with Gasteiger partial charge in [-0.25, -0.2) is 0 Å². The van der Waals surface area contributed by atoms with E-state index in [-0.39, 0.29) is 13.0 Å². The minimum Gasteiger partial charge on any atom is -0.465 e. The lowest BCUT2D eigenvalue weighted by Gasteiger charge is -1.97. The van der Waals surface area contributed by atoms with E-state index in [0.29, 0.717) is 0 Å². The van der Waals surface area contributed by atoms with E-state index in [1.165, 1.54) is 13.8 Å². The lowest BCUT2D eigenvalue weighted by molar-refractivity contribution is -0.143. The smallest absolute Gasteiger partial charge is 0.302 e. The topological polar surface area (TPSA) is 60.4 Å². The maximum Gasteiger partial charge on any atom is 0.302 e. The van der Waals surface area contributed by atoms with Gasteiger partial charge in [-0.3, -0.25) is 14.4 Å². The molecule has 0 radical (unpaired) electrons. The van der Waals surface area contributed by atoms with E-state index < -0.39 is 17.5 Å². The second-order valence-electron chi connectivity index (χ2n) is 2.07. The number of rotatable bonds is 4. The summed E-state index contributed by atoms with van der Waals surface area (Å²) >= 11 is 0. The summed E-state index contributed by atoms with van der Waals surface area (Å²) in [6, 6.07) is 0. The van der Waals surface area contributed by atoms with Crippen LogP contribution in [0.25, 0.3) is 0 Å². The van der Waals surface area contributed by atoms with Gasteiger partial charge in [0.15, 0.2) is 5.78 Å². The van der Waals surface area contributed by atoms with Crippen LogP contribution < -0.4 is 0 Å². The highest BCUT2D eigenvalue weighted by Crippen LogP contribution is 1.87. The van der Waals surface area contributed by atoms with E-state index in [4.69, 9.17) is 0 Å². The van der Waals surface area contributed by atoms with Crippen LogP contribution in [0.1, 0.15) is 20.3 Å². The second-order valence-corrected chi connectivity index (χ2v) is 2.07. The van der Waals surface area contributed by atoms with Crippen molar-refractivity contribution in [2.45, 2.75) is 20.3 Å². The molecule has 0 unspecified atom stereocenters. The minimum atomic E-state index is -0.508. The summed E-state index contributed by atoms with van der Waals surface area (Å²) < 4.78 is 4.45. The zero-order valence-electron chi connectivity index (χ0n) is 6.55. The summed E-state index contributed by atoms with van der Waals surface area (Å²) in [6.07, 6.45) is -0.0189. The van der Waals surface area contributed by atoms with Crippen molar-refractivity contribution in [3.05, 3.63) is 0 Å². The molecule has 0 heterocycles. The van der Waals surface area contributed by atoms with Crippen LogP contribution in [0.4, 0.5) is 0 Å². The maximum atomic E-state index is 10.6. The van der Waals surface area contributed by atoms with Gasteiger partial charge >= 0.3 is 5.97 Å². The van der Waals surface area contributed by atoms with Crippen molar-refractivity contribution in [3.8, 4) is 0 Å². The largest absolute Gasteiger partial charge is 0.465 e. The van der Waals surface area contributed by atoms with Gasteiger partial charge in [-0.05, 0) is 0 Å². The van der Waals surface area contributed by atoms with Crippen LogP contribution in [0.2, 0.25) is 0 Å². The van der Waals surface area contributed by atoms with Crippen LogP contribution in [0.3, 0.4) is 0 Å². The molecule has 4 heteroatoms. The lowest BCUT2D eigenvalue weighted by Crippen LogP contribution is -2.13. The quantitative estimate of drug-likeness (QED) is 0.430. The highest BCUT2D eigenvalue weighted by atomic mass is 16.5. The van der Waals surface area contributed by atoms with Crippen molar-refractivity contribution in [2.24, 2.45) is 0 Å². The first-order valence-electron chi connectivity index (χ1n) is 3.21. The number of hydrogen-bond acceptors (Lipinski definition) is 4. The van der Waals surface area contributed by atoms with Crippen LogP contribution in [0.5, 0.6) is 0 Å². The van der Waals surface area contributed by atoms with E-state index >= 15 is 0 Å². The predicted octanol–water partition coefficient (Wildman–Crippen LogP) is 0.0977. The van der Waals surface area contributed by atoms with Crippen LogP contribution in [-0.2, 0) is 19.1 Å².